The minimum atomic E-state index is 0.158. The van der Waals surface area contributed by atoms with Gasteiger partial charge in [-0.05, 0) is 34.0 Å². The van der Waals surface area contributed by atoms with Gasteiger partial charge >= 0.3 is 0 Å². The second-order valence-corrected chi connectivity index (χ2v) is 7.19. The molecule has 0 fully saturated rings. The first kappa shape index (κ1) is 15.6. The van der Waals surface area contributed by atoms with Crippen LogP contribution in [0, 0.1) is 0 Å². The highest BCUT2D eigenvalue weighted by Gasteiger charge is 2.17. The van der Waals surface area contributed by atoms with Crippen molar-refractivity contribution in [2.45, 2.75) is 52.1 Å². The van der Waals surface area contributed by atoms with Gasteiger partial charge in [0.15, 0.2) is 0 Å². The third kappa shape index (κ3) is 5.46. The number of hydrogen-bond donors (Lipinski definition) is 1. The topological polar surface area (TPSA) is 28.2 Å². The van der Waals surface area contributed by atoms with Crippen molar-refractivity contribution < 1.29 is 0 Å². The van der Waals surface area contributed by atoms with Gasteiger partial charge in [-0.25, -0.2) is 4.98 Å². The van der Waals surface area contributed by atoms with Gasteiger partial charge in [0.25, 0.3) is 0 Å². The molecule has 0 spiro atoms. The van der Waals surface area contributed by atoms with E-state index in [-0.39, 0.29) is 5.41 Å². The van der Waals surface area contributed by atoms with E-state index in [1.54, 1.807) is 11.3 Å². The Morgan fingerprint density at radius 3 is 2.56 bits per heavy atom. The first-order valence-electron chi connectivity index (χ1n) is 6.62. The van der Waals surface area contributed by atoms with Crippen LogP contribution in [0.2, 0.25) is 0 Å². The average molecular weight is 269 g/mol. The highest BCUT2D eigenvalue weighted by atomic mass is 32.1. The summed E-state index contributed by atoms with van der Waals surface area (Å²) in [5.74, 6) is 0. The van der Waals surface area contributed by atoms with Crippen LogP contribution in [0.15, 0.2) is 5.38 Å². The fraction of sp³-hybridized carbons (Fsp3) is 0.786. The molecule has 0 aliphatic rings. The summed E-state index contributed by atoms with van der Waals surface area (Å²) in [6.45, 7) is 10.9. The molecular formula is C14H27N3S. The lowest BCUT2D eigenvalue weighted by atomic mass is 9.93. The van der Waals surface area contributed by atoms with E-state index in [1.807, 2.05) is 0 Å². The van der Waals surface area contributed by atoms with Crippen LogP contribution in [0.1, 0.15) is 44.8 Å². The highest BCUT2D eigenvalue weighted by Crippen LogP contribution is 2.23. The summed E-state index contributed by atoms with van der Waals surface area (Å²) in [6, 6.07) is 0.536. The van der Waals surface area contributed by atoms with Crippen molar-refractivity contribution in [2.75, 3.05) is 20.6 Å². The molecular weight excluding hydrogens is 242 g/mol. The SMILES string of the molecule is CC(CCN(C)C)NCc1nc(C(C)(C)C)cs1. The fourth-order valence-electron chi connectivity index (χ4n) is 1.55. The van der Waals surface area contributed by atoms with Crippen LogP contribution in [0.3, 0.4) is 0 Å². The molecule has 1 atom stereocenters. The van der Waals surface area contributed by atoms with E-state index in [9.17, 15) is 0 Å². The molecule has 3 nitrogen and oxygen atoms in total. The van der Waals surface area contributed by atoms with Gasteiger partial charge in [0.1, 0.15) is 5.01 Å². The van der Waals surface area contributed by atoms with Gasteiger partial charge in [-0.15, -0.1) is 11.3 Å². The lowest BCUT2D eigenvalue weighted by Crippen LogP contribution is -2.29. The maximum Gasteiger partial charge on any atom is 0.107 e. The molecule has 1 heterocycles. The number of hydrogen-bond acceptors (Lipinski definition) is 4. The van der Waals surface area contributed by atoms with Gasteiger partial charge in [0, 0.05) is 23.4 Å². The molecule has 18 heavy (non-hydrogen) atoms. The Hall–Kier alpha value is -0.450. The van der Waals surface area contributed by atoms with Crippen molar-refractivity contribution in [1.82, 2.24) is 15.2 Å². The summed E-state index contributed by atoms with van der Waals surface area (Å²) in [7, 11) is 4.23. The van der Waals surface area contributed by atoms with Crippen LogP contribution >= 0.6 is 11.3 Å². The van der Waals surface area contributed by atoms with Crippen LogP contribution in [-0.4, -0.2) is 36.6 Å². The number of nitrogens with zero attached hydrogens (tertiary/aromatic N) is 2. The molecule has 0 amide bonds. The molecule has 0 aromatic carbocycles. The molecule has 0 saturated carbocycles. The molecule has 1 unspecified atom stereocenters. The first-order valence-corrected chi connectivity index (χ1v) is 7.50. The zero-order valence-electron chi connectivity index (χ0n) is 12.6. The zero-order chi connectivity index (χ0) is 13.8. The summed E-state index contributed by atoms with van der Waals surface area (Å²) in [4.78, 5) is 6.92. The number of thiazole rings is 1. The van der Waals surface area contributed by atoms with Gasteiger partial charge in [-0.1, -0.05) is 20.8 Å². The Kier molecular flexibility index (Phi) is 5.76. The van der Waals surface area contributed by atoms with Crippen LogP contribution in [0.4, 0.5) is 0 Å². The largest absolute Gasteiger partial charge is 0.309 e. The molecule has 0 bridgehead atoms. The molecule has 1 rings (SSSR count). The van der Waals surface area contributed by atoms with E-state index >= 15 is 0 Å². The molecule has 0 saturated heterocycles. The Bertz CT molecular complexity index is 352. The number of rotatable bonds is 6. The smallest absolute Gasteiger partial charge is 0.107 e. The molecule has 0 aliphatic heterocycles. The molecule has 104 valence electrons. The third-order valence-electron chi connectivity index (χ3n) is 2.93. The quantitative estimate of drug-likeness (QED) is 0.861. The predicted octanol–water partition coefficient (Wildman–Crippen LogP) is 2.87. The molecule has 1 aromatic rings. The summed E-state index contributed by atoms with van der Waals surface area (Å²) in [5, 5.41) is 6.91. The van der Waals surface area contributed by atoms with Crippen LogP contribution in [0.25, 0.3) is 0 Å². The summed E-state index contributed by atoms with van der Waals surface area (Å²) in [6.07, 6.45) is 1.17. The van der Waals surface area contributed by atoms with E-state index < -0.39 is 0 Å². The Morgan fingerprint density at radius 2 is 2.06 bits per heavy atom. The monoisotopic (exact) mass is 269 g/mol. The predicted molar refractivity (Wildman–Crippen MR) is 80.3 cm³/mol. The minimum Gasteiger partial charge on any atom is -0.309 e. The second kappa shape index (κ2) is 6.64. The summed E-state index contributed by atoms with van der Waals surface area (Å²) in [5.41, 5.74) is 1.36. The van der Waals surface area contributed by atoms with Crippen molar-refractivity contribution in [3.8, 4) is 0 Å². The molecule has 4 heteroatoms. The summed E-state index contributed by atoms with van der Waals surface area (Å²) >= 11 is 1.76. The maximum absolute atomic E-state index is 4.69. The van der Waals surface area contributed by atoms with Gasteiger partial charge in [0.2, 0.25) is 0 Å². The zero-order valence-corrected chi connectivity index (χ0v) is 13.4. The molecule has 1 N–H and O–H groups in total. The van der Waals surface area contributed by atoms with Crippen LogP contribution in [0.5, 0.6) is 0 Å². The Labute approximate surface area is 116 Å². The van der Waals surface area contributed by atoms with Gasteiger partial charge in [-0.3, -0.25) is 0 Å². The van der Waals surface area contributed by atoms with E-state index in [4.69, 9.17) is 4.98 Å². The molecule has 1 aromatic heterocycles. The van der Waals surface area contributed by atoms with E-state index in [0.717, 1.165) is 13.1 Å². The van der Waals surface area contributed by atoms with Gasteiger partial charge in [0.05, 0.1) is 5.69 Å². The van der Waals surface area contributed by atoms with E-state index in [0.29, 0.717) is 6.04 Å². The van der Waals surface area contributed by atoms with Crippen LogP contribution in [-0.2, 0) is 12.0 Å². The van der Waals surface area contributed by atoms with E-state index in [2.05, 4.69) is 57.4 Å². The third-order valence-corrected chi connectivity index (χ3v) is 3.78. The molecule has 0 aliphatic carbocycles. The number of aromatic nitrogens is 1. The minimum absolute atomic E-state index is 0.158. The van der Waals surface area contributed by atoms with E-state index in [1.165, 1.54) is 17.1 Å². The highest BCUT2D eigenvalue weighted by molar-refractivity contribution is 7.09. The van der Waals surface area contributed by atoms with Gasteiger partial charge in [-0.2, -0.15) is 0 Å². The number of nitrogens with one attached hydrogen (secondary N) is 1. The molecule has 0 radical (unpaired) electrons. The lowest BCUT2D eigenvalue weighted by Gasteiger charge is -2.16. The van der Waals surface area contributed by atoms with Crippen LogP contribution < -0.4 is 5.32 Å². The van der Waals surface area contributed by atoms with Gasteiger partial charge < -0.3 is 10.2 Å². The van der Waals surface area contributed by atoms with Crippen molar-refractivity contribution in [3.63, 3.8) is 0 Å². The Morgan fingerprint density at radius 1 is 1.39 bits per heavy atom. The maximum atomic E-state index is 4.69. The standard InChI is InChI=1S/C14H27N3S/c1-11(7-8-17(5)6)15-9-13-16-12(10-18-13)14(2,3)4/h10-11,15H,7-9H2,1-6H3. The fourth-order valence-corrected chi connectivity index (χ4v) is 2.52. The van der Waals surface area contributed by atoms with Crippen molar-refractivity contribution in [2.24, 2.45) is 0 Å². The first-order chi connectivity index (χ1) is 8.29. The summed E-state index contributed by atoms with van der Waals surface area (Å²) < 4.78 is 0. The lowest BCUT2D eigenvalue weighted by molar-refractivity contribution is 0.365. The average Bonchev–Trinajstić information content (AvgIpc) is 2.71. The second-order valence-electron chi connectivity index (χ2n) is 6.25. The Balaban J connectivity index is 2.37. The van der Waals surface area contributed by atoms with Crippen molar-refractivity contribution in [3.05, 3.63) is 16.1 Å². The van der Waals surface area contributed by atoms with Crippen molar-refractivity contribution in [1.29, 1.82) is 0 Å². The van der Waals surface area contributed by atoms with Crippen molar-refractivity contribution >= 4 is 11.3 Å². The normalized spacial score (nSPS) is 14.2.